The number of nitrogens with one attached hydrogen (secondary N) is 2. The van der Waals surface area contributed by atoms with Crippen molar-refractivity contribution in [3.8, 4) is 0 Å². The second-order valence-electron chi connectivity index (χ2n) is 5.63. The van der Waals surface area contributed by atoms with Crippen molar-refractivity contribution < 1.29 is 4.74 Å². The summed E-state index contributed by atoms with van der Waals surface area (Å²) in [4.78, 5) is 7.32. The molecule has 19 heavy (non-hydrogen) atoms. The molecule has 2 rings (SSSR count). The van der Waals surface area contributed by atoms with Gasteiger partial charge in [0.05, 0.1) is 12.6 Å². The Hall–Kier alpha value is -0.850. The second kappa shape index (κ2) is 7.07. The smallest absolute Gasteiger partial charge is 0.206 e. The van der Waals surface area contributed by atoms with Crippen molar-refractivity contribution >= 4 is 5.96 Å². The average Bonchev–Trinajstić information content (AvgIpc) is 2.85. The highest BCUT2D eigenvalue weighted by atomic mass is 16.5. The molecular formula is C13H27N5O. The van der Waals surface area contributed by atoms with Crippen LogP contribution in [0.1, 0.15) is 32.6 Å². The summed E-state index contributed by atoms with van der Waals surface area (Å²) in [6.45, 7) is 5.13. The number of piperidine rings is 1. The van der Waals surface area contributed by atoms with Crippen LogP contribution in [0.5, 0.6) is 0 Å². The number of ether oxygens (including phenoxy) is 1. The van der Waals surface area contributed by atoms with Crippen molar-refractivity contribution in [3.63, 3.8) is 0 Å². The standard InChI is InChI=1S/C13H27N5O/c1-10(9-19-2)15-13(17-14)16-11-5-7-18-6-3-4-12(18)8-11/h10-12H,3-9,14H2,1-2H3,(H2,15,16,17). The van der Waals surface area contributed by atoms with Crippen molar-refractivity contribution in [2.24, 2.45) is 10.8 Å². The highest BCUT2D eigenvalue weighted by molar-refractivity contribution is 5.79. The van der Waals surface area contributed by atoms with E-state index in [2.05, 4.69) is 22.6 Å². The third-order valence-corrected chi connectivity index (χ3v) is 4.04. The molecule has 2 heterocycles. The van der Waals surface area contributed by atoms with Crippen LogP contribution in [0.3, 0.4) is 0 Å². The van der Waals surface area contributed by atoms with Gasteiger partial charge in [-0.3, -0.25) is 5.43 Å². The molecule has 2 saturated heterocycles. The van der Waals surface area contributed by atoms with Crippen molar-refractivity contribution in [2.45, 2.75) is 50.7 Å². The average molecular weight is 269 g/mol. The third-order valence-electron chi connectivity index (χ3n) is 4.04. The van der Waals surface area contributed by atoms with Crippen LogP contribution in [0.4, 0.5) is 0 Å². The number of nitrogens with zero attached hydrogens (tertiary/aromatic N) is 2. The van der Waals surface area contributed by atoms with Crippen LogP contribution < -0.4 is 16.6 Å². The largest absolute Gasteiger partial charge is 0.383 e. The summed E-state index contributed by atoms with van der Waals surface area (Å²) >= 11 is 0. The number of rotatable bonds is 4. The van der Waals surface area contributed by atoms with Crippen LogP contribution >= 0.6 is 0 Å². The van der Waals surface area contributed by atoms with Gasteiger partial charge < -0.3 is 15.0 Å². The van der Waals surface area contributed by atoms with Gasteiger partial charge in [0.2, 0.25) is 5.96 Å². The van der Waals surface area contributed by atoms with Gasteiger partial charge in [-0.2, -0.15) is 0 Å². The molecule has 110 valence electrons. The first-order chi connectivity index (χ1) is 9.22. The van der Waals surface area contributed by atoms with Gasteiger partial charge in [-0.1, -0.05) is 0 Å². The maximum atomic E-state index is 5.55. The molecule has 0 radical (unpaired) electrons. The van der Waals surface area contributed by atoms with Gasteiger partial charge in [0.15, 0.2) is 0 Å². The molecule has 0 aromatic heterocycles. The fourth-order valence-electron chi connectivity index (χ4n) is 3.14. The first-order valence-corrected chi connectivity index (χ1v) is 7.27. The Morgan fingerprint density at radius 1 is 1.47 bits per heavy atom. The Labute approximate surface area is 115 Å². The monoisotopic (exact) mass is 269 g/mol. The van der Waals surface area contributed by atoms with E-state index in [1.54, 1.807) is 7.11 Å². The zero-order valence-electron chi connectivity index (χ0n) is 12.1. The van der Waals surface area contributed by atoms with Gasteiger partial charge in [0.1, 0.15) is 0 Å². The lowest BCUT2D eigenvalue weighted by Gasteiger charge is -2.33. The van der Waals surface area contributed by atoms with Crippen LogP contribution in [0.2, 0.25) is 0 Å². The molecule has 2 fully saturated rings. The van der Waals surface area contributed by atoms with Gasteiger partial charge in [-0.25, -0.2) is 10.8 Å². The van der Waals surface area contributed by atoms with E-state index in [0.717, 1.165) is 18.9 Å². The highest BCUT2D eigenvalue weighted by Gasteiger charge is 2.31. The molecule has 2 aliphatic heterocycles. The molecule has 6 heteroatoms. The van der Waals surface area contributed by atoms with Crippen molar-refractivity contribution in [1.29, 1.82) is 0 Å². The van der Waals surface area contributed by atoms with E-state index < -0.39 is 0 Å². The summed E-state index contributed by atoms with van der Waals surface area (Å²) < 4.78 is 5.10. The minimum Gasteiger partial charge on any atom is -0.383 e. The van der Waals surface area contributed by atoms with Crippen LogP contribution in [0, 0.1) is 0 Å². The van der Waals surface area contributed by atoms with E-state index in [9.17, 15) is 0 Å². The molecule has 0 bridgehead atoms. The maximum Gasteiger partial charge on any atom is 0.206 e. The zero-order chi connectivity index (χ0) is 13.7. The topological polar surface area (TPSA) is 74.9 Å². The molecule has 6 nitrogen and oxygen atoms in total. The van der Waals surface area contributed by atoms with Crippen molar-refractivity contribution in [2.75, 3.05) is 26.8 Å². The van der Waals surface area contributed by atoms with Crippen molar-refractivity contribution in [1.82, 2.24) is 15.6 Å². The number of hydrogen-bond acceptors (Lipinski definition) is 4. The molecule has 0 aliphatic carbocycles. The third kappa shape index (κ3) is 4.06. The van der Waals surface area contributed by atoms with E-state index in [1.807, 2.05) is 0 Å². The first-order valence-electron chi connectivity index (χ1n) is 7.27. The zero-order valence-corrected chi connectivity index (χ0v) is 12.1. The Morgan fingerprint density at radius 3 is 3.05 bits per heavy atom. The summed E-state index contributed by atoms with van der Waals surface area (Å²) in [5.74, 6) is 6.23. The lowest BCUT2D eigenvalue weighted by molar-refractivity contribution is 0.177. The number of nitrogens with two attached hydrogens (primary N) is 1. The quantitative estimate of drug-likeness (QED) is 0.291. The number of aliphatic imine (C=N–C) groups is 1. The van der Waals surface area contributed by atoms with E-state index in [4.69, 9.17) is 15.6 Å². The molecule has 0 spiro atoms. The molecule has 0 aromatic rings. The summed E-state index contributed by atoms with van der Waals surface area (Å²) in [5.41, 5.74) is 2.67. The lowest BCUT2D eigenvalue weighted by atomic mass is 9.98. The number of fused-ring (bicyclic) bond motifs is 1. The molecular weight excluding hydrogens is 242 g/mol. The van der Waals surface area contributed by atoms with Crippen LogP contribution in [0.15, 0.2) is 4.99 Å². The van der Waals surface area contributed by atoms with Gasteiger partial charge in [0.25, 0.3) is 0 Å². The normalized spacial score (nSPS) is 29.9. The number of hydrogen-bond donors (Lipinski definition) is 3. The summed E-state index contributed by atoms with van der Waals surface area (Å²) in [7, 11) is 1.70. The second-order valence-corrected chi connectivity index (χ2v) is 5.63. The fraction of sp³-hybridized carbons (Fsp3) is 0.923. The molecule has 0 saturated carbocycles. The molecule has 3 unspecified atom stereocenters. The number of hydrazine groups is 1. The molecule has 3 atom stereocenters. The number of guanidine groups is 1. The fourth-order valence-corrected chi connectivity index (χ4v) is 3.14. The van der Waals surface area contributed by atoms with Crippen LogP contribution in [-0.4, -0.2) is 55.8 Å². The Bertz CT molecular complexity index is 309. The Balaban J connectivity index is 1.87. The Morgan fingerprint density at radius 2 is 2.32 bits per heavy atom. The van der Waals surface area contributed by atoms with E-state index in [-0.39, 0.29) is 6.04 Å². The van der Waals surface area contributed by atoms with Gasteiger partial charge in [-0.05, 0) is 39.2 Å². The summed E-state index contributed by atoms with van der Waals surface area (Å²) in [6, 6.07) is 1.32. The van der Waals surface area contributed by atoms with E-state index in [1.165, 1.54) is 25.9 Å². The van der Waals surface area contributed by atoms with E-state index >= 15 is 0 Å². The van der Waals surface area contributed by atoms with E-state index in [0.29, 0.717) is 18.6 Å². The molecule has 2 aliphatic rings. The van der Waals surface area contributed by atoms with Gasteiger partial charge >= 0.3 is 0 Å². The maximum absolute atomic E-state index is 5.55. The highest BCUT2D eigenvalue weighted by Crippen LogP contribution is 2.28. The van der Waals surface area contributed by atoms with Gasteiger partial charge in [-0.15, -0.1) is 0 Å². The first kappa shape index (κ1) is 14.6. The molecule has 0 amide bonds. The van der Waals surface area contributed by atoms with Crippen molar-refractivity contribution in [3.05, 3.63) is 0 Å². The number of methoxy groups -OCH3 is 1. The van der Waals surface area contributed by atoms with Crippen LogP contribution in [0.25, 0.3) is 0 Å². The van der Waals surface area contributed by atoms with Crippen LogP contribution in [-0.2, 0) is 4.74 Å². The Kier molecular flexibility index (Phi) is 5.42. The minimum absolute atomic E-state index is 0.200. The lowest BCUT2D eigenvalue weighted by Crippen LogP contribution is -2.48. The minimum atomic E-state index is 0.200. The predicted octanol–water partition coefficient (Wildman–Crippen LogP) is 0.0570. The molecule has 0 aromatic carbocycles. The summed E-state index contributed by atoms with van der Waals surface area (Å²) in [5, 5.41) is 3.25. The SMILES string of the molecule is COCC(C)NC(=NC1CCN2CCCC2C1)NN. The molecule has 4 N–H and O–H groups in total. The predicted molar refractivity (Wildman–Crippen MR) is 76.8 cm³/mol. The summed E-state index contributed by atoms with van der Waals surface area (Å²) in [6.07, 6.45) is 4.95. The van der Waals surface area contributed by atoms with Gasteiger partial charge in [0, 0.05) is 25.7 Å².